The van der Waals surface area contributed by atoms with E-state index in [1.807, 2.05) is 0 Å². The molecule has 7 nitrogen and oxygen atoms in total. The van der Waals surface area contributed by atoms with E-state index in [9.17, 15) is 19.7 Å². The summed E-state index contributed by atoms with van der Waals surface area (Å²) in [6.07, 6.45) is 0.842. The molecule has 108 valence electrons. The van der Waals surface area contributed by atoms with Gasteiger partial charge in [0.2, 0.25) is 0 Å². The number of esters is 1. The number of nitrogens with zero attached hydrogens (tertiary/aromatic N) is 1. The molecule has 0 fully saturated rings. The van der Waals surface area contributed by atoms with Crippen molar-refractivity contribution in [2.24, 2.45) is 0 Å². The lowest BCUT2D eigenvalue weighted by Crippen LogP contribution is -2.08. The van der Waals surface area contributed by atoms with Crippen molar-refractivity contribution in [3.05, 3.63) is 39.9 Å². The Balaban J connectivity index is 2.22. The number of hydrogen-bond acceptors (Lipinski definition) is 5. The zero-order valence-corrected chi connectivity index (χ0v) is 10.8. The van der Waals surface area contributed by atoms with Gasteiger partial charge in [0.1, 0.15) is 0 Å². The van der Waals surface area contributed by atoms with E-state index in [4.69, 9.17) is 9.84 Å². The van der Waals surface area contributed by atoms with E-state index >= 15 is 0 Å². The second-order valence-electron chi connectivity index (χ2n) is 4.14. The Labute approximate surface area is 115 Å². The largest absolute Gasteiger partial charge is 0.481 e. The molecule has 1 aromatic carbocycles. The van der Waals surface area contributed by atoms with Gasteiger partial charge in [-0.1, -0.05) is 12.1 Å². The van der Waals surface area contributed by atoms with Gasteiger partial charge in [0.05, 0.1) is 24.4 Å². The summed E-state index contributed by atoms with van der Waals surface area (Å²) in [7, 11) is 0. The number of rotatable bonds is 8. The number of aliphatic carboxylic acids is 1. The predicted molar refractivity (Wildman–Crippen MR) is 69.2 cm³/mol. The quantitative estimate of drug-likeness (QED) is 0.337. The monoisotopic (exact) mass is 281 g/mol. The second-order valence-corrected chi connectivity index (χ2v) is 4.14. The molecular weight excluding hydrogens is 266 g/mol. The van der Waals surface area contributed by atoms with Crippen molar-refractivity contribution < 1.29 is 24.4 Å². The summed E-state index contributed by atoms with van der Waals surface area (Å²) in [5, 5.41) is 18.9. The molecule has 0 aliphatic heterocycles. The number of nitro groups is 1. The van der Waals surface area contributed by atoms with Gasteiger partial charge in [-0.3, -0.25) is 19.7 Å². The Morgan fingerprint density at radius 1 is 1.20 bits per heavy atom. The summed E-state index contributed by atoms with van der Waals surface area (Å²) in [6, 6.07) is 6.16. The van der Waals surface area contributed by atoms with Crippen molar-refractivity contribution in [2.75, 3.05) is 6.61 Å². The summed E-state index contributed by atoms with van der Waals surface area (Å²) >= 11 is 0. The van der Waals surface area contributed by atoms with E-state index in [-0.39, 0.29) is 25.1 Å². The molecule has 0 aliphatic carbocycles. The Hall–Kier alpha value is -2.44. The van der Waals surface area contributed by atoms with Crippen LogP contribution in [0.2, 0.25) is 0 Å². The number of nitro benzene ring substituents is 1. The predicted octanol–water partition coefficient (Wildman–Crippen LogP) is 1.94. The topological polar surface area (TPSA) is 107 Å². The summed E-state index contributed by atoms with van der Waals surface area (Å²) < 4.78 is 4.87. The molecular formula is C13H15NO6. The fraction of sp³-hybridized carbons (Fsp3) is 0.385. The molecule has 20 heavy (non-hydrogen) atoms. The molecule has 0 saturated heterocycles. The molecule has 1 aromatic rings. The number of hydrogen-bond donors (Lipinski definition) is 1. The molecule has 0 aromatic heterocycles. The zero-order valence-electron chi connectivity index (χ0n) is 10.8. The van der Waals surface area contributed by atoms with Gasteiger partial charge in [0.15, 0.2) is 0 Å². The highest BCUT2D eigenvalue weighted by atomic mass is 16.6. The van der Waals surface area contributed by atoms with Crippen molar-refractivity contribution in [1.29, 1.82) is 0 Å². The van der Waals surface area contributed by atoms with E-state index in [2.05, 4.69) is 0 Å². The molecule has 1 N–H and O–H groups in total. The third-order valence-electron chi connectivity index (χ3n) is 2.56. The van der Waals surface area contributed by atoms with Crippen molar-refractivity contribution in [3.63, 3.8) is 0 Å². The molecule has 1 rings (SSSR count). The van der Waals surface area contributed by atoms with Crippen molar-refractivity contribution >= 4 is 17.6 Å². The van der Waals surface area contributed by atoms with Crippen LogP contribution >= 0.6 is 0 Å². The third kappa shape index (κ3) is 5.94. The van der Waals surface area contributed by atoms with Crippen LogP contribution in [0.25, 0.3) is 0 Å². The molecule has 0 bridgehead atoms. The van der Waals surface area contributed by atoms with Crippen LogP contribution in [0.15, 0.2) is 24.3 Å². The number of carboxylic acids is 1. The number of carbonyl (C=O) groups excluding carboxylic acids is 1. The molecule has 0 unspecified atom stereocenters. The lowest BCUT2D eigenvalue weighted by Gasteiger charge is -2.04. The van der Waals surface area contributed by atoms with Gasteiger partial charge in [0.25, 0.3) is 5.69 Å². The number of carboxylic acid groups (broad SMARTS) is 1. The van der Waals surface area contributed by atoms with Crippen LogP contribution in [0, 0.1) is 10.1 Å². The molecule has 0 atom stereocenters. The molecule has 0 amide bonds. The van der Waals surface area contributed by atoms with Gasteiger partial charge in [-0.15, -0.1) is 0 Å². The molecule has 0 saturated carbocycles. The first kappa shape index (κ1) is 15.6. The number of carbonyl (C=O) groups is 2. The van der Waals surface area contributed by atoms with Crippen molar-refractivity contribution in [1.82, 2.24) is 0 Å². The van der Waals surface area contributed by atoms with Crippen LogP contribution in [-0.2, 0) is 20.7 Å². The lowest BCUT2D eigenvalue weighted by atomic mass is 10.1. The van der Waals surface area contributed by atoms with Gasteiger partial charge >= 0.3 is 11.9 Å². The molecule has 0 heterocycles. The standard InChI is InChI=1S/C13H15NO6/c15-12(16)7-8-13(17)20-9-1-2-10-3-5-11(6-4-10)14(18)19/h3-6H,1-2,7-9H2,(H,15,16). The first-order valence-electron chi connectivity index (χ1n) is 6.10. The van der Waals surface area contributed by atoms with Gasteiger partial charge in [-0.25, -0.2) is 0 Å². The minimum absolute atomic E-state index is 0.0360. The van der Waals surface area contributed by atoms with E-state index in [0.717, 1.165) is 5.56 Å². The Bertz CT molecular complexity index is 482. The third-order valence-corrected chi connectivity index (χ3v) is 2.56. The van der Waals surface area contributed by atoms with E-state index in [1.54, 1.807) is 12.1 Å². The van der Waals surface area contributed by atoms with Gasteiger partial charge in [0, 0.05) is 12.1 Å². The van der Waals surface area contributed by atoms with Gasteiger partial charge in [-0.05, 0) is 18.4 Å². The second kappa shape index (κ2) is 7.88. The SMILES string of the molecule is O=C(O)CCC(=O)OCCCc1ccc([N+](=O)[O-])cc1. The van der Waals surface area contributed by atoms with E-state index in [0.29, 0.717) is 12.8 Å². The average molecular weight is 281 g/mol. The average Bonchev–Trinajstić information content (AvgIpc) is 2.42. The van der Waals surface area contributed by atoms with Crippen LogP contribution in [0.5, 0.6) is 0 Å². The minimum atomic E-state index is -1.03. The fourth-order valence-corrected chi connectivity index (χ4v) is 1.53. The lowest BCUT2D eigenvalue weighted by molar-refractivity contribution is -0.384. The smallest absolute Gasteiger partial charge is 0.306 e. The number of ether oxygens (including phenoxy) is 1. The molecule has 7 heteroatoms. The van der Waals surface area contributed by atoms with Crippen LogP contribution in [0.3, 0.4) is 0 Å². The van der Waals surface area contributed by atoms with Gasteiger partial charge in [-0.2, -0.15) is 0 Å². The highest BCUT2D eigenvalue weighted by Crippen LogP contribution is 2.13. The summed E-state index contributed by atoms with van der Waals surface area (Å²) in [5.41, 5.74) is 0.950. The maximum absolute atomic E-state index is 11.1. The Kier molecular flexibility index (Phi) is 6.15. The normalized spacial score (nSPS) is 10.0. The van der Waals surface area contributed by atoms with Crippen LogP contribution in [0.4, 0.5) is 5.69 Å². The van der Waals surface area contributed by atoms with Crippen LogP contribution < -0.4 is 0 Å². The first-order valence-corrected chi connectivity index (χ1v) is 6.10. The van der Waals surface area contributed by atoms with Crippen LogP contribution in [-0.4, -0.2) is 28.6 Å². The van der Waals surface area contributed by atoms with E-state index in [1.165, 1.54) is 12.1 Å². The highest BCUT2D eigenvalue weighted by Gasteiger charge is 2.07. The molecule has 0 spiro atoms. The summed E-state index contributed by atoms with van der Waals surface area (Å²) in [4.78, 5) is 31.4. The molecule has 0 radical (unpaired) electrons. The maximum atomic E-state index is 11.1. The number of aryl methyl sites for hydroxylation is 1. The molecule has 0 aliphatic rings. The maximum Gasteiger partial charge on any atom is 0.306 e. The minimum Gasteiger partial charge on any atom is -0.481 e. The number of benzene rings is 1. The highest BCUT2D eigenvalue weighted by molar-refractivity contribution is 5.76. The van der Waals surface area contributed by atoms with Gasteiger partial charge < -0.3 is 9.84 Å². The van der Waals surface area contributed by atoms with Crippen LogP contribution in [0.1, 0.15) is 24.8 Å². The van der Waals surface area contributed by atoms with E-state index < -0.39 is 16.9 Å². The Morgan fingerprint density at radius 2 is 1.85 bits per heavy atom. The van der Waals surface area contributed by atoms with Crippen molar-refractivity contribution in [2.45, 2.75) is 25.7 Å². The fourth-order valence-electron chi connectivity index (χ4n) is 1.53. The summed E-state index contributed by atoms with van der Waals surface area (Å²) in [6.45, 7) is 0.204. The number of non-ortho nitro benzene ring substituents is 1. The first-order chi connectivity index (χ1) is 9.49. The Morgan fingerprint density at radius 3 is 2.40 bits per heavy atom. The summed E-state index contributed by atoms with van der Waals surface area (Å²) in [5.74, 6) is -1.57. The van der Waals surface area contributed by atoms with Crippen molar-refractivity contribution in [3.8, 4) is 0 Å². The zero-order chi connectivity index (χ0) is 15.0.